The molecule has 0 aliphatic heterocycles. The van der Waals surface area contributed by atoms with Gasteiger partial charge in [-0.2, -0.15) is 3.89 Å². The second kappa shape index (κ2) is 6.87. The maximum Gasteiger partial charge on any atom is 0.231 e. The third-order valence-corrected chi connectivity index (χ3v) is 3.83. The number of aromatic nitrogens is 2. The van der Waals surface area contributed by atoms with Crippen LogP contribution in [0.2, 0.25) is 0 Å². The van der Waals surface area contributed by atoms with Crippen LogP contribution in [0.25, 0.3) is 11.1 Å². The number of furan rings is 1. The minimum absolute atomic E-state index is 0.273. The van der Waals surface area contributed by atoms with Gasteiger partial charge in [0.1, 0.15) is 17.9 Å². The first-order chi connectivity index (χ1) is 11.2. The van der Waals surface area contributed by atoms with Crippen molar-refractivity contribution in [2.24, 2.45) is 0 Å². The molecule has 3 rings (SSSR count). The van der Waals surface area contributed by atoms with Crippen molar-refractivity contribution in [2.75, 3.05) is 24.3 Å². The molecule has 2 heterocycles. The molecule has 23 heavy (non-hydrogen) atoms. The number of rotatable bonds is 6. The first-order valence-corrected chi connectivity index (χ1v) is 7.98. The molecule has 0 saturated carbocycles. The molecule has 0 bridgehead atoms. The third kappa shape index (κ3) is 3.24. The van der Waals surface area contributed by atoms with E-state index in [1.807, 2.05) is 43.1 Å². The second-order valence-corrected chi connectivity index (χ2v) is 5.64. The Hall–Kier alpha value is -2.28. The monoisotopic (exact) mass is 333 g/mol. The second-order valence-electron chi connectivity index (χ2n) is 5.01. The quantitative estimate of drug-likeness (QED) is 0.627. The predicted molar refractivity (Wildman–Crippen MR) is 90.1 cm³/mol. The van der Waals surface area contributed by atoms with E-state index in [1.54, 1.807) is 6.26 Å². The van der Waals surface area contributed by atoms with Gasteiger partial charge in [-0.25, -0.2) is 9.97 Å². The van der Waals surface area contributed by atoms with Gasteiger partial charge in [0.2, 0.25) is 5.71 Å². The van der Waals surface area contributed by atoms with Crippen molar-refractivity contribution in [3.63, 3.8) is 0 Å². The van der Waals surface area contributed by atoms with Gasteiger partial charge >= 0.3 is 0 Å². The summed E-state index contributed by atoms with van der Waals surface area (Å²) in [7, 11) is 1.93. The Bertz CT molecular complexity index is 792. The molecule has 5 nitrogen and oxygen atoms in total. The maximum absolute atomic E-state index is 12.0. The summed E-state index contributed by atoms with van der Waals surface area (Å²) in [6.07, 6.45) is 3.17. The fourth-order valence-electron chi connectivity index (χ4n) is 2.33. The molecule has 3 aromatic rings. The summed E-state index contributed by atoms with van der Waals surface area (Å²) < 4.78 is 22.9. The van der Waals surface area contributed by atoms with Crippen LogP contribution in [-0.4, -0.2) is 29.4 Å². The van der Waals surface area contributed by atoms with Crippen LogP contribution in [0.15, 0.2) is 41.3 Å². The summed E-state index contributed by atoms with van der Waals surface area (Å²) in [6, 6.07) is 7.58. The first-order valence-electron chi connectivity index (χ1n) is 7.09. The average molecular weight is 333 g/mol. The third-order valence-electron chi connectivity index (χ3n) is 3.51. The number of benzene rings is 1. The van der Waals surface area contributed by atoms with E-state index in [2.05, 4.69) is 9.97 Å². The number of nitrogens with zero attached hydrogens (tertiary/aromatic N) is 3. The molecule has 0 unspecified atom stereocenters. The van der Waals surface area contributed by atoms with Crippen LogP contribution in [0.1, 0.15) is 5.56 Å². The van der Waals surface area contributed by atoms with Crippen LogP contribution in [0.3, 0.4) is 0 Å². The normalized spacial score (nSPS) is 10.9. The van der Waals surface area contributed by atoms with Crippen LogP contribution in [-0.2, 0) is 0 Å². The van der Waals surface area contributed by atoms with E-state index in [1.165, 1.54) is 6.33 Å². The topological polar surface area (TPSA) is 51.4 Å². The zero-order valence-electron chi connectivity index (χ0n) is 12.8. The SMILES string of the molecule is Cc1coc2ncnc(N(C)c3ccc(OCCSF)cc3)c12. The molecule has 2 aromatic heterocycles. The zero-order valence-corrected chi connectivity index (χ0v) is 13.6. The number of fused-ring (bicyclic) bond motifs is 1. The summed E-state index contributed by atoms with van der Waals surface area (Å²) in [5.74, 6) is 1.81. The number of halogens is 1. The number of hydrogen-bond acceptors (Lipinski definition) is 6. The largest absolute Gasteiger partial charge is 0.493 e. The van der Waals surface area contributed by atoms with E-state index >= 15 is 0 Å². The van der Waals surface area contributed by atoms with Gasteiger partial charge in [0.25, 0.3) is 0 Å². The van der Waals surface area contributed by atoms with Crippen molar-refractivity contribution < 1.29 is 13.0 Å². The molecule has 0 atom stereocenters. The number of hydrogen-bond donors (Lipinski definition) is 0. The molecule has 0 N–H and O–H groups in total. The lowest BCUT2D eigenvalue weighted by atomic mass is 10.2. The van der Waals surface area contributed by atoms with Gasteiger partial charge in [-0.15, -0.1) is 0 Å². The molecule has 0 saturated heterocycles. The van der Waals surface area contributed by atoms with Crippen molar-refractivity contribution >= 4 is 34.8 Å². The molecule has 0 amide bonds. The Morgan fingerprint density at radius 1 is 1.26 bits per heavy atom. The van der Waals surface area contributed by atoms with Crippen LogP contribution in [0.5, 0.6) is 5.75 Å². The van der Waals surface area contributed by atoms with Crippen molar-refractivity contribution in [1.82, 2.24) is 9.97 Å². The lowest BCUT2D eigenvalue weighted by molar-refractivity contribution is 0.343. The van der Waals surface area contributed by atoms with Crippen LogP contribution in [0.4, 0.5) is 15.4 Å². The van der Waals surface area contributed by atoms with Gasteiger partial charge < -0.3 is 14.1 Å². The number of ether oxygens (including phenoxy) is 1. The highest BCUT2D eigenvalue weighted by Crippen LogP contribution is 2.31. The molecule has 0 aliphatic carbocycles. The Balaban J connectivity index is 1.84. The van der Waals surface area contributed by atoms with Gasteiger partial charge in [0, 0.05) is 30.4 Å². The van der Waals surface area contributed by atoms with E-state index in [0.29, 0.717) is 23.8 Å². The molecule has 120 valence electrons. The number of anilines is 2. The van der Waals surface area contributed by atoms with E-state index in [4.69, 9.17) is 9.15 Å². The van der Waals surface area contributed by atoms with Gasteiger partial charge in [0.05, 0.1) is 24.0 Å². The van der Waals surface area contributed by atoms with E-state index < -0.39 is 0 Å². The highest BCUT2D eigenvalue weighted by molar-refractivity contribution is 7.94. The summed E-state index contributed by atoms with van der Waals surface area (Å²) >= 11 is 0.273. The van der Waals surface area contributed by atoms with Gasteiger partial charge in [0.15, 0.2) is 0 Å². The lowest BCUT2D eigenvalue weighted by Crippen LogP contribution is -2.12. The summed E-state index contributed by atoms with van der Waals surface area (Å²) in [4.78, 5) is 10.5. The number of aryl methyl sites for hydroxylation is 1. The predicted octanol–water partition coefficient (Wildman–Crippen LogP) is 4.30. The minimum atomic E-state index is 0.273. The van der Waals surface area contributed by atoms with Crippen LogP contribution < -0.4 is 9.64 Å². The zero-order chi connectivity index (χ0) is 16.2. The van der Waals surface area contributed by atoms with Crippen LogP contribution in [0, 0.1) is 6.92 Å². The molecule has 0 spiro atoms. The highest BCUT2D eigenvalue weighted by Gasteiger charge is 2.15. The molecule has 7 heteroatoms. The van der Waals surface area contributed by atoms with Crippen LogP contribution >= 0.6 is 12.1 Å². The van der Waals surface area contributed by atoms with Crippen molar-refractivity contribution in [2.45, 2.75) is 6.92 Å². The van der Waals surface area contributed by atoms with Crippen molar-refractivity contribution in [3.05, 3.63) is 42.4 Å². The fraction of sp³-hybridized carbons (Fsp3) is 0.250. The smallest absolute Gasteiger partial charge is 0.231 e. The molecular weight excluding hydrogens is 317 g/mol. The Morgan fingerprint density at radius 3 is 2.78 bits per heavy atom. The lowest BCUT2D eigenvalue weighted by Gasteiger charge is -2.19. The molecule has 0 fully saturated rings. The molecular formula is C16H16FN3O2S. The van der Waals surface area contributed by atoms with Gasteiger partial charge in [-0.3, -0.25) is 0 Å². The average Bonchev–Trinajstić information content (AvgIpc) is 2.97. The minimum Gasteiger partial charge on any atom is -0.493 e. The van der Waals surface area contributed by atoms with E-state index in [0.717, 1.165) is 22.5 Å². The summed E-state index contributed by atoms with van der Waals surface area (Å²) in [5, 5.41) is 0.898. The molecule has 0 radical (unpaired) electrons. The molecule has 1 aromatic carbocycles. The van der Waals surface area contributed by atoms with Gasteiger partial charge in [-0.1, -0.05) is 0 Å². The fourth-order valence-corrected chi connectivity index (χ4v) is 2.48. The molecule has 0 aliphatic rings. The Kier molecular flexibility index (Phi) is 4.66. The van der Waals surface area contributed by atoms with Gasteiger partial charge in [-0.05, 0) is 31.2 Å². The summed E-state index contributed by atoms with van der Waals surface area (Å²) in [6.45, 7) is 2.31. The summed E-state index contributed by atoms with van der Waals surface area (Å²) in [5.41, 5.74) is 2.52. The highest BCUT2D eigenvalue weighted by atomic mass is 32.2. The first kappa shape index (κ1) is 15.6. The van der Waals surface area contributed by atoms with E-state index in [9.17, 15) is 3.89 Å². The van der Waals surface area contributed by atoms with Crippen molar-refractivity contribution in [3.8, 4) is 5.75 Å². The Morgan fingerprint density at radius 2 is 2.04 bits per heavy atom. The standard InChI is InChI=1S/C16H16FN3O2S/c1-11-9-22-16-14(11)15(18-10-19-16)20(2)12-3-5-13(6-4-12)21-7-8-23-17/h3-6,9-10H,7-8H2,1-2H3. The Labute approximate surface area is 137 Å². The van der Waals surface area contributed by atoms with Crippen molar-refractivity contribution in [1.29, 1.82) is 0 Å². The van der Waals surface area contributed by atoms with E-state index in [-0.39, 0.29) is 12.1 Å². The maximum atomic E-state index is 12.0.